The molecule has 0 saturated carbocycles. The Kier molecular flexibility index (Phi) is 3.59. The van der Waals surface area contributed by atoms with Crippen molar-refractivity contribution in [1.82, 2.24) is 0 Å². The number of aryl methyl sites for hydroxylation is 1. The summed E-state index contributed by atoms with van der Waals surface area (Å²) in [4.78, 5) is 2.42. The highest BCUT2D eigenvalue weighted by Crippen LogP contribution is 2.14. The largest absolute Gasteiger partial charge is 0.278 e. The van der Waals surface area contributed by atoms with E-state index in [1.54, 1.807) is 11.3 Å². The molecule has 2 nitrogen and oxygen atoms in total. The fraction of sp³-hybridized carbons (Fsp3) is 0.0833. The lowest BCUT2D eigenvalue weighted by Gasteiger charge is -1.98. The SMILES string of the molecule is Cc1ccc(C=NNc2ccc(Cl)cc2)s1. The number of anilines is 1. The second-order valence-electron chi connectivity index (χ2n) is 3.33. The topological polar surface area (TPSA) is 24.4 Å². The minimum Gasteiger partial charge on any atom is -0.278 e. The molecule has 0 spiro atoms. The Labute approximate surface area is 104 Å². The molecule has 2 aromatic rings. The Morgan fingerprint density at radius 1 is 1.19 bits per heavy atom. The molecule has 0 bridgehead atoms. The van der Waals surface area contributed by atoms with Crippen LogP contribution in [-0.2, 0) is 0 Å². The van der Waals surface area contributed by atoms with E-state index in [-0.39, 0.29) is 0 Å². The van der Waals surface area contributed by atoms with Gasteiger partial charge in [0.1, 0.15) is 0 Å². The van der Waals surface area contributed by atoms with Crippen LogP contribution in [0.15, 0.2) is 41.5 Å². The number of hydrogen-bond acceptors (Lipinski definition) is 3. The standard InChI is InChI=1S/C12H11ClN2S/c1-9-2-7-12(16-9)8-14-15-11-5-3-10(13)4-6-11/h2-8,15H,1H3. The van der Waals surface area contributed by atoms with Crippen LogP contribution in [0.4, 0.5) is 5.69 Å². The van der Waals surface area contributed by atoms with Gasteiger partial charge in [0.15, 0.2) is 0 Å². The van der Waals surface area contributed by atoms with Crippen LogP contribution in [0.1, 0.15) is 9.75 Å². The van der Waals surface area contributed by atoms with E-state index in [0.717, 1.165) is 15.6 Å². The smallest absolute Gasteiger partial charge is 0.0644 e. The van der Waals surface area contributed by atoms with E-state index in [0.29, 0.717) is 0 Å². The summed E-state index contributed by atoms with van der Waals surface area (Å²) in [5.74, 6) is 0. The average Bonchev–Trinajstić information content (AvgIpc) is 2.67. The first-order valence-corrected chi connectivity index (χ1v) is 6.04. The third-order valence-corrected chi connectivity index (χ3v) is 3.18. The molecule has 0 amide bonds. The number of halogens is 1. The predicted molar refractivity (Wildman–Crippen MR) is 71.7 cm³/mol. The normalized spacial score (nSPS) is 10.9. The average molecular weight is 251 g/mol. The van der Waals surface area contributed by atoms with Crippen LogP contribution >= 0.6 is 22.9 Å². The summed E-state index contributed by atoms with van der Waals surface area (Å²) in [5.41, 5.74) is 3.87. The summed E-state index contributed by atoms with van der Waals surface area (Å²) in [5, 5.41) is 4.87. The lowest BCUT2D eigenvalue weighted by atomic mass is 10.3. The van der Waals surface area contributed by atoms with Gasteiger partial charge in [-0.1, -0.05) is 11.6 Å². The zero-order valence-electron chi connectivity index (χ0n) is 8.77. The van der Waals surface area contributed by atoms with E-state index in [1.807, 2.05) is 36.5 Å². The third-order valence-electron chi connectivity index (χ3n) is 1.99. The van der Waals surface area contributed by atoms with E-state index >= 15 is 0 Å². The molecule has 1 aromatic heterocycles. The van der Waals surface area contributed by atoms with Crippen molar-refractivity contribution < 1.29 is 0 Å². The van der Waals surface area contributed by atoms with Crippen molar-refractivity contribution in [2.45, 2.75) is 6.92 Å². The predicted octanol–water partition coefficient (Wildman–Crippen LogP) is 4.16. The first-order chi connectivity index (χ1) is 7.74. The summed E-state index contributed by atoms with van der Waals surface area (Å²) in [6.45, 7) is 2.08. The minimum atomic E-state index is 0.725. The van der Waals surface area contributed by atoms with Crippen LogP contribution < -0.4 is 5.43 Å². The first-order valence-electron chi connectivity index (χ1n) is 4.85. The highest BCUT2D eigenvalue weighted by molar-refractivity contribution is 7.13. The summed E-state index contributed by atoms with van der Waals surface area (Å²) in [6, 6.07) is 11.6. The first kappa shape index (κ1) is 11.2. The summed E-state index contributed by atoms with van der Waals surface area (Å²) in [7, 11) is 0. The number of thiophene rings is 1. The molecule has 0 saturated heterocycles. The molecule has 1 N–H and O–H groups in total. The van der Waals surface area contributed by atoms with Crippen LogP contribution in [-0.4, -0.2) is 6.21 Å². The molecule has 4 heteroatoms. The third kappa shape index (κ3) is 3.08. The van der Waals surface area contributed by atoms with Gasteiger partial charge >= 0.3 is 0 Å². The van der Waals surface area contributed by atoms with Gasteiger partial charge < -0.3 is 0 Å². The van der Waals surface area contributed by atoms with Gasteiger partial charge in [-0.25, -0.2) is 0 Å². The van der Waals surface area contributed by atoms with Crippen molar-refractivity contribution in [3.8, 4) is 0 Å². The molecule has 82 valence electrons. The highest BCUT2D eigenvalue weighted by atomic mass is 35.5. The lowest BCUT2D eigenvalue weighted by molar-refractivity contribution is 1.35. The van der Waals surface area contributed by atoms with E-state index in [9.17, 15) is 0 Å². The molecule has 1 aromatic carbocycles. The number of nitrogens with one attached hydrogen (secondary N) is 1. The molecular weight excluding hydrogens is 240 g/mol. The molecule has 0 fully saturated rings. The number of nitrogens with zero attached hydrogens (tertiary/aromatic N) is 1. The zero-order chi connectivity index (χ0) is 11.4. The van der Waals surface area contributed by atoms with Crippen LogP contribution in [0.25, 0.3) is 0 Å². The van der Waals surface area contributed by atoms with Crippen LogP contribution in [0.3, 0.4) is 0 Å². The zero-order valence-corrected chi connectivity index (χ0v) is 10.3. The molecule has 2 rings (SSSR count). The van der Waals surface area contributed by atoms with Crippen molar-refractivity contribution >= 4 is 34.8 Å². The lowest BCUT2D eigenvalue weighted by Crippen LogP contribution is -1.88. The summed E-state index contributed by atoms with van der Waals surface area (Å²) < 4.78 is 0. The van der Waals surface area contributed by atoms with Gasteiger partial charge in [-0.15, -0.1) is 11.3 Å². The number of rotatable bonds is 3. The van der Waals surface area contributed by atoms with Gasteiger partial charge in [-0.05, 0) is 43.3 Å². The highest BCUT2D eigenvalue weighted by Gasteiger charge is 1.92. The van der Waals surface area contributed by atoms with Gasteiger partial charge in [0.2, 0.25) is 0 Å². The van der Waals surface area contributed by atoms with E-state index < -0.39 is 0 Å². The maximum absolute atomic E-state index is 5.78. The summed E-state index contributed by atoms with van der Waals surface area (Å²) >= 11 is 7.49. The van der Waals surface area contributed by atoms with Crippen molar-refractivity contribution in [3.63, 3.8) is 0 Å². The molecule has 1 heterocycles. The number of benzene rings is 1. The van der Waals surface area contributed by atoms with E-state index in [2.05, 4.69) is 23.5 Å². The van der Waals surface area contributed by atoms with Gasteiger partial charge in [-0.2, -0.15) is 5.10 Å². The maximum atomic E-state index is 5.78. The molecule has 16 heavy (non-hydrogen) atoms. The van der Waals surface area contributed by atoms with Gasteiger partial charge in [-0.3, -0.25) is 5.43 Å². The number of hydrazone groups is 1. The Balaban J connectivity index is 1.97. The van der Waals surface area contributed by atoms with Crippen LogP contribution in [0, 0.1) is 6.92 Å². The Morgan fingerprint density at radius 2 is 1.94 bits per heavy atom. The fourth-order valence-electron chi connectivity index (χ4n) is 1.22. The Morgan fingerprint density at radius 3 is 2.56 bits per heavy atom. The van der Waals surface area contributed by atoms with Gasteiger partial charge in [0, 0.05) is 14.8 Å². The van der Waals surface area contributed by atoms with Crippen molar-refractivity contribution in [2.24, 2.45) is 5.10 Å². The van der Waals surface area contributed by atoms with E-state index in [1.165, 1.54) is 4.88 Å². The van der Waals surface area contributed by atoms with Crippen molar-refractivity contribution in [2.75, 3.05) is 5.43 Å². The van der Waals surface area contributed by atoms with Crippen LogP contribution in [0.5, 0.6) is 0 Å². The molecular formula is C12H11ClN2S. The molecule has 0 aliphatic heterocycles. The monoisotopic (exact) mass is 250 g/mol. The van der Waals surface area contributed by atoms with Gasteiger partial charge in [0.05, 0.1) is 11.9 Å². The van der Waals surface area contributed by atoms with Gasteiger partial charge in [0.25, 0.3) is 0 Å². The van der Waals surface area contributed by atoms with Crippen molar-refractivity contribution in [1.29, 1.82) is 0 Å². The quantitative estimate of drug-likeness (QED) is 0.642. The molecule has 0 radical (unpaired) electrons. The second-order valence-corrected chi connectivity index (χ2v) is 5.08. The second kappa shape index (κ2) is 5.14. The number of hydrogen-bond donors (Lipinski definition) is 1. The van der Waals surface area contributed by atoms with Crippen LogP contribution in [0.2, 0.25) is 5.02 Å². The Hall–Kier alpha value is -1.32. The minimum absolute atomic E-state index is 0.725. The van der Waals surface area contributed by atoms with Crippen molar-refractivity contribution in [3.05, 3.63) is 51.2 Å². The summed E-state index contributed by atoms with van der Waals surface area (Å²) in [6.07, 6.45) is 1.81. The molecule has 0 aliphatic carbocycles. The maximum Gasteiger partial charge on any atom is 0.0644 e. The molecule has 0 unspecified atom stereocenters. The Bertz CT molecular complexity index is 488. The van der Waals surface area contributed by atoms with E-state index in [4.69, 9.17) is 11.6 Å². The molecule has 0 aliphatic rings. The molecule has 0 atom stereocenters. The fourth-order valence-corrected chi connectivity index (χ4v) is 2.09.